The lowest BCUT2D eigenvalue weighted by atomic mass is 10.0. The van der Waals surface area contributed by atoms with Gasteiger partial charge in [-0.3, -0.25) is 4.79 Å². The van der Waals surface area contributed by atoms with E-state index in [1.54, 1.807) is 0 Å². The van der Waals surface area contributed by atoms with Crippen molar-refractivity contribution in [1.82, 2.24) is 9.88 Å². The number of likely N-dealkylation sites (N-methyl/N-ethyl adjacent to an activating group) is 1. The summed E-state index contributed by atoms with van der Waals surface area (Å²) < 4.78 is 0. The third kappa shape index (κ3) is 2.94. The van der Waals surface area contributed by atoms with Crippen molar-refractivity contribution in [3.05, 3.63) is 36.0 Å². The number of carbonyl (C=O) groups excluding carboxylic acids is 1. The molecule has 2 aromatic rings. The molecule has 21 heavy (non-hydrogen) atoms. The van der Waals surface area contributed by atoms with Gasteiger partial charge >= 0.3 is 0 Å². The zero-order valence-electron chi connectivity index (χ0n) is 12.2. The first-order chi connectivity index (χ1) is 10.2. The highest BCUT2D eigenvalue weighted by molar-refractivity contribution is 7.99. The fraction of sp³-hybridized carbons (Fsp3) is 0.438. The van der Waals surface area contributed by atoms with Crippen molar-refractivity contribution in [2.75, 3.05) is 18.6 Å². The van der Waals surface area contributed by atoms with Gasteiger partial charge in [0.2, 0.25) is 5.91 Å². The molecule has 1 aromatic heterocycles. The number of hydrogen-bond donors (Lipinski definition) is 2. The quantitative estimate of drug-likeness (QED) is 0.908. The summed E-state index contributed by atoms with van der Waals surface area (Å²) in [6.45, 7) is 0. The number of rotatable bonds is 4. The molecule has 1 fully saturated rings. The van der Waals surface area contributed by atoms with Crippen LogP contribution in [0.25, 0.3) is 10.9 Å². The molecule has 0 aliphatic carbocycles. The van der Waals surface area contributed by atoms with E-state index in [0.717, 1.165) is 34.4 Å². The molecule has 1 amide bonds. The van der Waals surface area contributed by atoms with Crippen molar-refractivity contribution < 1.29 is 4.79 Å². The Hall–Kier alpha value is -1.46. The SMILES string of the molecule is CN(C(=O)[C@H](N)Cc1c[nH]c2ccccc12)C1CCSC1. The van der Waals surface area contributed by atoms with E-state index in [4.69, 9.17) is 5.73 Å². The molecule has 1 unspecified atom stereocenters. The van der Waals surface area contributed by atoms with Crippen molar-refractivity contribution >= 4 is 28.6 Å². The van der Waals surface area contributed by atoms with Crippen LogP contribution in [0.1, 0.15) is 12.0 Å². The van der Waals surface area contributed by atoms with Crippen LogP contribution in [0.2, 0.25) is 0 Å². The van der Waals surface area contributed by atoms with Crippen molar-refractivity contribution in [2.45, 2.75) is 24.9 Å². The van der Waals surface area contributed by atoms with Crippen LogP contribution in [0.3, 0.4) is 0 Å². The number of thioether (sulfide) groups is 1. The van der Waals surface area contributed by atoms with E-state index < -0.39 is 6.04 Å². The third-order valence-corrected chi connectivity index (χ3v) is 5.38. The average Bonchev–Trinajstić information content (AvgIpc) is 3.16. The summed E-state index contributed by atoms with van der Waals surface area (Å²) in [6, 6.07) is 7.98. The molecule has 1 aliphatic rings. The molecule has 1 aromatic carbocycles. The van der Waals surface area contributed by atoms with Crippen LogP contribution in [0.15, 0.2) is 30.5 Å². The fourth-order valence-corrected chi connectivity index (χ4v) is 4.16. The van der Waals surface area contributed by atoms with Gasteiger partial charge in [-0.05, 0) is 30.2 Å². The predicted molar refractivity (Wildman–Crippen MR) is 88.5 cm³/mol. The van der Waals surface area contributed by atoms with Crippen LogP contribution in [-0.2, 0) is 11.2 Å². The summed E-state index contributed by atoms with van der Waals surface area (Å²) in [5.74, 6) is 2.22. The molecule has 0 saturated carbocycles. The minimum absolute atomic E-state index is 0.0489. The molecule has 0 bridgehead atoms. The van der Waals surface area contributed by atoms with Crippen LogP contribution in [0, 0.1) is 0 Å². The number of nitrogens with zero attached hydrogens (tertiary/aromatic N) is 1. The Morgan fingerprint density at radius 3 is 3.10 bits per heavy atom. The van der Waals surface area contributed by atoms with E-state index in [0.29, 0.717) is 12.5 Å². The van der Waals surface area contributed by atoms with Gasteiger partial charge in [0, 0.05) is 35.9 Å². The molecule has 1 aliphatic heterocycles. The molecular weight excluding hydrogens is 282 g/mol. The third-order valence-electron chi connectivity index (χ3n) is 4.23. The molecule has 0 radical (unpaired) electrons. The number of nitrogens with one attached hydrogen (secondary N) is 1. The highest BCUT2D eigenvalue weighted by Gasteiger charge is 2.27. The van der Waals surface area contributed by atoms with Gasteiger partial charge in [-0.2, -0.15) is 11.8 Å². The van der Waals surface area contributed by atoms with Gasteiger partial charge in [-0.1, -0.05) is 18.2 Å². The number of fused-ring (bicyclic) bond motifs is 1. The monoisotopic (exact) mass is 303 g/mol. The van der Waals surface area contributed by atoms with E-state index in [9.17, 15) is 4.79 Å². The highest BCUT2D eigenvalue weighted by atomic mass is 32.2. The molecule has 5 heteroatoms. The van der Waals surface area contributed by atoms with Crippen molar-refractivity contribution in [3.8, 4) is 0 Å². The Kier molecular flexibility index (Phi) is 4.22. The molecule has 1 saturated heterocycles. The fourth-order valence-electron chi connectivity index (χ4n) is 2.89. The number of hydrogen-bond acceptors (Lipinski definition) is 3. The molecule has 112 valence electrons. The second-order valence-corrected chi connectivity index (χ2v) is 6.79. The predicted octanol–water partition coefficient (Wildman–Crippen LogP) is 2.00. The lowest BCUT2D eigenvalue weighted by Crippen LogP contribution is -2.47. The number of para-hydroxylation sites is 1. The maximum absolute atomic E-state index is 12.5. The number of benzene rings is 1. The topological polar surface area (TPSA) is 62.1 Å². The Morgan fingerprint density at radius 2 is 2.33 bits per heavy atom. The van der Waals surface area contributed by atoms with Crippen molar-refractivity contribution in [2.24, 2.45) is 5.73 Å². The first kappa shape index (κ1) is 14.5. The van der Waals surface area contributed by atoms with Crippen LogP contribution in [0.5, 0.6) is 0 Å². The number of aromatic amines is 1. The van der Waals surface area contributed by atoms with E-state index in [1.807, 2.05) is 48.1 Å². The van der Waals surface area contributed by atoms with E-state index in [-0.39, 0.29) is 5.91 Å². The first-order valence-electron chi connectivity index (χ1n) is 7.32. The largest absolute Gasteiger partial charge is 0.361 e. The Bertz CT molecular complexity index is 633. The van der Waals surface area contributed by atoms with E-state index in [2.05, 4.69) is 11.1 Å². The van der Waals surface area contributed by atoms with Crippen LogP contribution in [-0.4, -0.2) is 46.4 Å². The molecule has 0 spiro atoms. The highest BCUT2D eigenvalue weighted by Crippen LogP contribution is 2.23. The molecule has 4 nitrogen and oxygen atoms in total. The van der Waals surface area contributed by atoms with Gasteiger partial charge in [-0.15, -0.1) is 0 Å². The minimum Gasteiger partial charge on any atom is -0.361 e. The van der Waals surface area contributed by atoms with Crippen LogP contribution >= 0.6 is 11.8 Å². The Balaban J connectivity index is 1.70. The second-order valence-electron chi connectivity index (χ2n) is 5.64. The molecule has 3 N–H and O–H groups in total. The molecular formula is C16H21N3OS. The lowest BCUT2D eigenvalue weighted by molar-refractivity contribution is -0.132. The normalized spacial score (nSPS) is 19.8. The van der Waals surface area contributed by atoms with E-state index in [1.165, 1.54) is 0 Å². The summed E-state index contributed by atoms with van der Waals surface area (Å²) in [6.07, 6.45) is 3.61. The average molecular weight is 303 g/mol. The molecule has 2 heterocycles. The Labute approximate surface area is 129 Å². The van der Waals surface area contributed by atoms with E-state index >= 15 is 0 Å². The number of carbonyl (C=O) groups is 1. The smallest absolute Gasteiger partial charge is 0.239 e. The zero-order chi connectivity index (χ0) is 14.8. The number of H-pyrrole nitrogens is 1. The van der Waals surface area contributed by atoms with Gasteiger partial charge in [0.05, 0.1) is 6.04 Å². The number of nitrogens with two attached hydrogens (primary N) is 1. The van der Waals surface area contributed by atoms with Crippen molar-refractivity contribution in [1.29, 1.82) is 0 Å². The van der Waals surface area contributed by atoms with Crippen LogP contribution < -0.4 is 5.73 Å². The van der Waals surface area contributed by atoms with Gasteiger partial charge in [0.1, 0.15) is 0 Å². The van der Waals surface area contributed by atoms with Crippen LogP contribution in [0.4, 0.5) is 0 Å². The van der Waals surface area contributed by atoms with Crippen molar-refractivity contribution in [3.63, 3.8) is 0 Å². The summed E-state index contributed by atoms with van der Waals surface area (Å²) in [5.41, 5.74) is 8.36. The summed E-state index contributed by atoms with van der Waals surface area (Å²) in [4.78, 5) is 17.6. The molecule has 2 atom stereocenters. The maximum atomic E-state index is 12.5. The maximum Gasteiger partial charge on any atom is 0.239 e. The summed E-state index contributed by atoms with van der Waals surface area (Å²) in [5, 5.41) is 1.15. The standard InChI is InChI=1S/C16H21N3OS/c1-19(12-6-7-21-10-12)16(20)14(17)8-11-9-18-15-5-3-2-4-13(11)15/h2-5,9,12,14,18H,6-8,10,17H2,1H3/t12?,14-/m1/s1. The summed E-state index contributed by atoms with van der Waals surface area (Å²) in [7, 11) is 1.88. The summed E-state index contributed by atoms with van der Waals surface area (Å²) >= 11 is 1.91. The van der Waals surface area contributed by atoms with Gasteiger partial charge in [0.15, 0.2) is 0 Å². The zero-order valence-corrected chi connectivity index (χ0v) is 13.0. The Morgan fingerprint density at radius 1 is 1.52 bits per heavy atom. The second kappa shape index (κ2) is 6.12. The first-order valence-corrected chi connectivity index (χ1v) is 8.47. The number of aromatic nitrogens is 1. The van der Waals surface area contributed by atoms with Gasteiger partial charge in [0.25, 0.3) is 0 Å². The van der Waals surface area contributed by atoms with Gasteiger partial charge in [-0.25, -0.2) is 0 Å². The molecule has 3 rings (SSSR count). The van der Waals surface area contributed by atoms with Gasteiger partial charge < -0.3 is 15.6 Å². The lowest BCUT2D eigenvalue weighted by Gasteiger charge is -2.26. The number of amides is 1. The minimum atomic E-state index is -0.472.